The van der Waals surface area contributed by atoms with Crippen molar-refractivity contribution >= 4 is 50.8 Å². The van der Waals surface area contributed by atoms with Gasteiger partial charge in [-0.3, -0.25) is 24.2 Å². The van der Waals surface area contributed by atoms with Crippen LogP contribution in [0.3, 0.4) is 0 Å². The molecular formula is C34H44N8O7S. The number of hydrogen-bond acceptors (Lipinski definition) is 9. The Labute approximate surface area is 291 Å². The van der Waals surface area contributed by atoms with Gasteiger partial charge in [-0.1, -0.05) is 36.4 Å². The fraction of sp³-hybridized carbons (Fsp3) is 0.412. The summed E-state index contributed by atoms with van der Waals surface area (Å²) in [5.41, 5.74) is 0.800. The Morgan fingerprint density at radius 2 is 1.80 bits per heavy atom. The molecule has 1 saturated carbocycles. The number of carboxylic acids is 1. The number of pyridine rings is 1. The van der Waals surface area contributed by atoms with Crippen LogP contribution in [-0.4, -0.2) is 96.6 Å². The van der Waals surface area contributed by atoms with Crippen LogP contribution in [0.1, 0.15) is 44.6 Å². The third-order valence-electron chi connectivity index (χ3n) is 8.18. The molecule has 2 fully saturated rings. The van der Waals surface area contributed by atoms with Gasteiger partial charge in [0.05, 0.1) is 17.9 Å². The van der Waals surface area contributed by atoms with Crippen LogP contribution in [0.4, 0.5) is 0 Å². The van der Waals surface area contributed by atoms with Crippen molar-refractivity contribution in [3.8, 4) is 0 Å². The topological polar surface area (TPSA) is 216 Å². The van der Waals surface area contributed by atoms with Crippen molar-refractivity contribution in [3.05, 3.63) is 72.6 Å². The summed E-state index contributed by atoms with van der Waals surface area (Å²) in [4.78, 5) is 56.5. The highest BCUT2D eigenvalue weighted by molar-refractivity contribution is 7.89. The minimum absolute atomic E-state index is 0.0274. The number of hydrogen-bond donors (Lipinski definition) is 5. The van der Waals surface area contributed by atoms with E-state index in [2.05, 4.69) is 25.4 Å². The first-order valence-corrected chi connectivity index (χ1v) is 17.8. The monoisotopic (exact) mass is 708 g/mol. The Morgan fingerprint density at radius 3 is 2.48 bits per heavy atom. The predicted octanol–water partition coefficient (Wildman–Crippen LogP) is 1.40. The van der Waals surface area contributed by atoms with Crippen molar-refractivity contribution in [1.82, 2.24) is 30.1 Å². The number of rotatable bonds is 14. The van der Waals surface area contributed by atoms with E-state index in [0.717, 1.165) is 42.6 Å². The molecule has 1 aromatic heterocycles. The Kier molecular flexibility index (Phi) is 13.6. The summed E-state index contributed by atoms with van der Waals surface area (Å²) in [6.45, 7) is 2.90. The number of hydrazone groups is 1. The standard InChI is InChI=1S/C32H40N8O5S.C2H4O2/c33-37-22-39-14-4-6-24(20-39)19-35-30(41)16-29(38-46(44,45)28-12-9-25-7-1-2-8-26(25)15-28)32(43)40(27-10-11-27)21-31(42)36-18-23-5-3-13-34-17-23;1-2(3)4/h1-3,5,7-9,12-13,15,17,22,24,27,29,38H,4,6,10-11,14,16,18-21,33H2,(H,35,41)(H,36,42);1H3,(H,3,4)/t24-,29-;/m0./s1. The fourth-order valence-corrected chi connectivity index (χ4v) is 6.86. The maximum Gasteiger partial charge on any atom is 0.300 e. The van der Waals surface area contributed by atoms with Crippen molar-refractivity contribution in [2.24, 2.45) is 16.9 Å². The van der Waals surface area contributed by atoms with E-state index in [1.54, 1.807) is 36.9 Å². The zero-order valence-electron chi connectivity index (χ0n) is 27.9. The van der Waals surface area contributed by atoms with Gasteiger partial charge in [0.25, 0.3) is 5.97 Å². The normalized spacial score (nSPS) is 16.6. The van der Waals surface area contributed by atoms with Gasteiger partial charge in [-0.15, -0.1) is 0 Å². The van der Waals surface area contributed by atoms with E-state index < -0.39 is 46.2 Å². The van der Waals surface area contributed by atoms with Crippen LogP contribution in [-0.2, 0) is 35.7 Å². The maximum atomic E-state index is 14.0. The van der Waals surface area contributed by atoms with E-state index in [1.165, 1.54) is 17.0 Å². The number of fused-ring (bicyclic) bond motifs is 1. The second-order valence-electron chi connectivity index (χ2n) is 12.3. The number of amides is 3. The number of nitrogens with one attached hydrogen (secondary N) is 3. The first kappa shape index (κ1) is 37.7. The molecule has 1 saturated heterocycles. The van der Waals surface area contributed by atoms with Crippen LogP contribution in [0.2, 0.25) is 0 Å². The molecule has 0 radical (unpaired) electrons. The Morgan fingerprint density at radius 1 is 1.06 bits per heavy atom. The van der Waals surface area contributed by atoms with Crippen molar-refractivity contribution in [2.75, 3.05) is 26.2 Å². The minimum atomic E-state index is -4.22. The van der Waals surface area contributed by atoms with Crippen LogP contribution >= 0.6 is 0 Å². The third kappa shape index (κ3) is 11.8. The van der Waals surface area contributed by atoms with Gasteiger partial charge >= 0.3 is 0 Å². The second-order valence-corrected chi connectivity index (χ2v) is 14.0. The van der Waals surface area contributed by atoms with E-state index >= 15 is 0 Å². The first-order chi connectivity index (χ1) is 23.9. The van der Waals surface area contributed by atoms with Gasteiger partial charge in [-0.2, -0.15) is 9.82 Å². The van der Waals surface area contributed by atoms with Crippen molar-refractivity contribution in [1.29, 1.82) is 0 Å². The molecule has 3 amide bonds. The van der Waals surface area contributed by atoms with E-state index in [0.29, 0.717) is 25.9 Å². The third-order valence-corrected chi connectivity index (χ3v) is 9.65. The lowest BCUT2D eigenvalue weighted by molar-refractivity contribution is -0.139. The maximum absolute atomic E-state index is 14.0. The van der Waals surface area contributed by atoms with Crippen LogP contribution in [0.5, 0.6) is 0 Å². The van der Waals surface area contributed by atoms with Gasteiger partial charge in [0, 0.05) is 51.5 Å². The first-order valence-electron chi connectivity index (χ1n) is 16.4. The average molecular weight is 709 g/mol. The zero-order valence-corrected chi connectivity index (χ0v) is 28.7. The summed E-state index contributed by atoms with van der Waals surface area (Å²) >= 11 is 0. The SMILES string of the molecule is CC(=O)O.NN=CN1CCC[C@@H](CNC(=O)C[C@H](NS(=O)(=O)c2ccc3ccccc3c2)C(=O)N(CC(=O)NCc2cccnc2)C2CC2)C1. The van der Waals surface area contributed by atoms with Gasteiger partial charge < -0.3 is 31.4 Å². The number of aliphatic carboxylic acids is 1. The van der Waals surface area contributed by atoms with Crippen LogP contribution in [0.15, 0.2) is 77.0 Å². The number of nitrogens with zero attached hydrogens (tertiary/aromatic N) is 4. The fourth-order valence-electron chi connectivity index (χ4n) is 5.64. The lowest BCUT2D eigenvalue weighted by atomic mass is 9.98. The molecule has 50 heavy (non-hydrogen) atoms. The summed E-state index contributed by atoms with van der Waals surface area (Å²) in [6.07, 6.45) is 7.60. The highest BCUT2D eigenvalue weighted by atomic mass is 32.2. The predicted molar refractivity (Wildman–Crippen MR) is 187 cm³/mol. The minimum Gasteiger partial charge on any atom is -0.481 e. The number of nitrogens with two attached hydrogens (primary N) is 1. The summed E-state index contributed by atoms with van der Waals surface area (Å²) in [7, 11) is -4.22. The molecule has 0 bridgehead atoms. The van der Waals surface area contributed by atoms with E-state index in [-0.39, 0.29) is 29.9 Å². The van der Waals surface area contributed by atoms with Gasteiger partial charge in [0.15, 0.2) is 0 Å². The molecule has 2 heterocycles. The lowest BCUT2D eigenvalue weighted by Crippen LogP contribution is -2.53. The molecular weight excluding hydrogens is 664 g/mol. The highest BCUT2D eigenvalue weighted by Gasteiger charge is 2.39. The number of carbonyl (C=O) groups excluding carboxylic acids is 3. The molecule has 1 aliphatic heterocycles. The van der Waals surface area contributed by atoms with Gasteiger partial charge in [0.1, 0.15) is 12.4 Å². The Balaban J connectivity index is 0.00000133. The molecule has 268 valence electrons. The smallest absolute Gasteiger partial charge is 0.300 e. The van der Waals surface area contributed by atoms with Gasteiger partial charge in [0.2, 0.25) is 27.7 Å². The molecule has 0 unspecified atom stereocenters. The van der Waals surface area contributed by atoms with E-state index in [9.17, 15) is 22.8 Å². The molecule has 16 heteroatoms. The molecule has 1 aliphatic carbocycles. The molecule has 15 nitrogen and oxygen atoms in total. The summed E-state index contributed by atoms with van der Waals surface area (Å²) in [5.74, 6) is 3.11. The van der Waals surface area contributed by atoms with E-state index in [4.69, 9.17) is 15.7 Å². The zero-order chi connectivity index (χ0) is 36.1. The Bertz CT molecular complexity index is 1770. The quantitative estimate of drug-likeness (QED) is 0.0702. The van der Waals surface area contributed by atoms with Crippen LogP contribution in [0.25, 0.3) is 10.8 Å². The van der Waals surface area contributed by atoms with Crippen molar-refractivity contribution in [2.45, 2.75) is 62.6 Å². The lowest BCUT2D eigenvalue weighted by Gasteiger charge is -2.31. The molecule has 2 atom stereocenters. The van der Waals surface area contributed by atoms with Crippen molar-refractivity contribution in [3.63, 3.8) is 0 Å². The highest BCUT2D eigenvalue weighted by Crippen LogP contribution is 2.28. The van der Waals surface area contributed by atoms with Crippen LogP contribution in [0, 0.1) is 5.92 Å². The number of sulfonamides is 1. The second kappa shape index (κ2) is 18.1. The molecule has 5 rings (SSSR count). The molecule has 3 aromatic rings. The van der Waals surface area contributed by atoms with Crippen LogP contribution < -0.4 is 21.2 Å². The molecule has 2 aromatic carbocycles. The van der Waals surface area contributed by atoms with E-state index in [1.807, 2.05) is 29.2 Å². The largest absolute Gasteiger partial charge is 0.481 e. The summed E-state index contributed by atoms with van der Waals surface area (Å²) < 4.78 is 29.8. The number of carbonyl (C=O) groups is 4. The van der Waals surface area contributed by atoms with Gasteiger partial charge in [-0.25, -0.2) is 8.42 Å². The molecule has 6 N–H and O–H groups in total. The number of piperidine rings is 1. The Hall–Kier alpha value is -5.09. The summed E-state index contributed by atoms with van der Waals surface area (Å²) in [5, 5.41) is 18.3. The number of benzene rings is 2. The van der Waals surface area contributed by atoms with Crippen molar-refractivity contribution < 1.29 is 32.7 Å². The average Bonchev–Trinajstić information content (AvgIpc) is 3.94. The number of likely N-dealkylation sites (tertiary alicyclic amines) is 1. The summed E-state index contributed by atoms with van der Waals surface area (Å²) in [6, 6.07) is 14.0. The number of aromatic nitrogens is 1. The number of carboxylic acid groups (broad SMARTS) is 1. The van der Waals surface area contributed by atoms with Gasteiger partial charge in [-0.05, 0) is 66.1 Å². The molecule has 0 spiro atoms. The molecule has 2 aliphatic rings.